The second-order valence-electron chi connectivity index (χ2n) is 13.0. The molecule has 1 fully saturated rings. The molecular formula is C36H45N5O4S. The van der Waals surface area contributed by atoms with Crippen LogP contribution in [0.5, 0.6) is 5.75 Å². The van der Waals surface area contributed by atoms with Crippen LogP contribution in [0.3, 0.4) is 0 Å². The maximum Gasteiger partial charge on any atom is 0.264 e. The molecular weight excluding hydrogens is 598 g/mol. The third kappa shape index (κ3) is 7.73. The molecule has 1 N–H and O–H groups in total. The zero-order valence-electron chi connectivity index (χ0n) is 27.5. The summed E-state index contributed by atoms with van der Waals surface area (Å²) >= 11 is 0. The van der Waals surface area contributed by atoms with Crippen molar-refractivity contribution in [3.8, 4) is 22.8 Å². The van der Waals surface area contributed by atoms with Gasteiger partial charge in [0.25, 0.3) is 5.56 Å². The molecule has 0 saturated heterocycles. The standard InChI is InChI=1S/C36H45N5O4S/c1-6-8-16-31-30(34(42)41(33(39-31)27-13-9-10-14-27)35-37-23-28(24-38-35)45-7-2)22-25-18-20-26(21-19-25)29-15-11-12-17-32(29)46(43,44)40-36(3,4)5/h11-12,15,17-21,23-24,27,40H,6-10,13-14,16,22H2,1-5H3. The minimum atomic E-state index is -3.75. The molecule has 2 heterocycles. The molecule has 0 unspecified atom stereocenters. The Balaban J connectivity index is 1.55. The van der Waals surface area contributed by atoms with Crippen molar-refractivity contribution < 1.29 is 13.2 Å². The van der Waals surface area contributed by atoms with Gasteiger partial charge in [-0.1, -0.05) is 68.7 Å². The average Bonchev–Trinajstić information content (AvgIpc) is 3.56. The summed E-state index contributed by atoms with van der Waals surface area (Å²) in [7, 11) is -3.75. The third-order valence-corrected chi connectivity index (χ3v) is 9.98. The van der Waals surface area contributed by atoms with Crippen molar-refractivity contribution >= 4 is 10.0 Å². The van der Waals surface area contributed by atoms with Gasteiger partial charge in [-0.3, -0.25) is 4.79 Å². The molecule has 9 nitrogen and oxygen atoms in total. The number of benzene rings is 2. The lowest BCUT2D eigenvalue weighted by Gasteiger charge is -2.21. The molecule has 1 saturated carbocycles. The Morgan fingerprint density at radius 1 is 0.978 bits per heavy atom. The fourth-order valence-corrected chi connectivity index (χ4v) is 7.72. The number of ether oxygens (including phenoxy) is 1. The highest BCUT2D eigenvalue weighted by Crippen LogP contribution is 2.34. The maximum absolute atomic E-state index is 14.4. The van der Waals surface area contributed by atoms with Crippen LogP contribution in [0.25, 0.3) is 17.1 Å². The molecule has 0 aliphatic heterocycles. The van der Waals surface area contributed by atoms with Crippen LogP contribution in [0.1, 0.15) is 102 Å². The van der Waals surface area contributed by atoms with E-state index in [0.29, 0.717) is 35.9 Å². The van der Waals surface area contributed by atoms with E-state index in [0.717, 1.165) is 67.6 Å². The van der Waals surface area contributed by atoms with E-state index in [4.69, 9.17) is 9.72 Å². The van der Waals surface area contributed by atoms with Crippen LogP contribution in [0.15, 0.2) is 70.6 Å². The smallest absolute Gasteiger partial charge is 0.264 e. The highest BCUT2D eigenvalue weighted by atomic mass is 32.2. The largest absolute Gasteiger partial charge is 0.491 e. The normalized spacial score (nSPS) is 14.1. The number of hydrogen-bond acceptors (Lipinski definition) is 7. The highest BCUT2D eigenvalue weighted by molar-refractivity contribution is 7.89. The van der Waals surface area contributed by atoms with Gasteiger partial charge in [-0.15, -0.1) is 0 Å². The Kier molecular flexibility index (Phi) is 10.4. The van der Waals surface area contributed by atoms with Crippen LogP contribution in [0.2, 0.25) is 0 Å². The van der Waals surface area contributed by atoms with Crippen LogP contribution < -0.4 is 15.0 Å². The lowest BCUT2D eigenvalue weighted by molar-refractivity contribution is 0.337. The Morgan fingerprint density at radius 2 is 1.65 bits per heavy atom. The Hall–Kier alpha value is -3.89. The third-order valence-electron chi connectivity index (χ3n) is 8.16. The number of sulfonamides is 1. The Bertz CT molecular complexity index is 1810. The van der Waals surface area contributed by atoms with Crippen molar-refractivity contribution in [2.45, 2.75) is 102 Å². The molecule has 0 bridgehead atoms. The summed E-state index contributed by atoms with van der Waals surface area (Å²) in [5.74, 6) is 1.79. The van der Waals surface area contributed by atoms with Gasteiger partial charge in [0.05, 0.1) is 29.6 Å². The Labute approximate surface area is 272 Å². The van der Waals surface area contributed by atoms with Gasteiger partial charge in [-0.05, 0) is 70.6 Å². The number of hydrogen-bond donors (Lipinski definition) is 1. The zero-order chi connectivity index (χ0) is 32.9. The van der Waals surface area contributed by atoms with E-state index in [9.17, 15) is 13.2 Å². The molecule has 5 rings (SSSR count). The van der Waals surface area contributed by atoms with Crippen molar-refractivity contribution in [2.75, 3.05) is 6.61 Å². The van der Waals surface area contributed by atoms with Crippen molar-refractivity contribution in [2.24, 2.45) is 0 Å². The van der Waals surface area contributed by atoms with Crippen molar-refractivity contribution in [3.05, 3.63) is 93.9 Å². The number of aryl methyl sites for hydroxylation is 1. The number of rotatable bonds is 12. The molecule has 2 aromatic carbocycles. The first-order valence-corrected chi connectivity index (χ1v) is 17.8. The van der Waals surface area contributed by atoms with Gasteiger partial charge in [0, 0.05) is 29.0 Å². The molecule has 10 heteroatoms. The van der Waals surface area contributed by atoms with Crippen molar-refractivity contribution in [1.29, 1.82) is 0 Å². The predicted octanol–water partition coefficient (Wildman–Crippen LogP) is 6.76. The summed E-state index contributed by atoms with van der Waals surface area (Å²) in [5.41, 5.74) is 3.05. The van der Waals surface area contributed by atoms with E-state index in [1.807, 2.05) is 64.1 Å². The van der Waals surface area contributed by atoms with Crippen molar-refractivity contribution in [3.63, 3.8) is 0 Å². The molecule has 2 aromatic heterocycles. The minimum Gasteiger partial charge on any atom is -0.491 e. The van der Waals surface area contributed by atoms with Crippen LogP contribution in [0, 0.1) is 0 Å². The second-order valence-corrected chi connectivity index (χ2v) is 14.6. The molecule has 4 aromatic rings. The monoisotopic (exact) mass is 643 g/mol. The SMILES string of the molecule is CCCCc1nc(C2CCCC2)n(-c2ncc(OCC)cn2)c(=O)c1Cc1ccc(-c2ccccc2S(=O)(=O)NC(C)(C)C)cc1. The molecule has 0 radical (unpaired) electrons. The van der Waals surface area contributed by atoms with Crippen LogP contribution >= 0.6 is 0 Å². The predicted molar refractivity (Wildman–Crippen MR) is 181 cm³/mol. The first kappa shape index (κ1) is 33.5. The average molecular weight is 644 g/mol. The van der Waals surface area contributed by atoms with E-state index >= 15 is 0 Å². The van der Waals surface area contributed by atoms with Gasteiger partial charge in [-0.2, -0.15) is 0 Å². The van der Waals surface area contributed by atoms with Gasteiger partial charge in [0.15, 0.2) is 5.75 Å². The molecule has 1 aliphatic rings. The summed E-state index contributed by atoms with van der Waals surface area (Å²) < 4.78 is 36.4. The molecule has 46 heavy (non-hydrogen) atoms. The summed E-state index contributed by atoms with van der Waals surface area (Å²) in [4.78, 5) is 28.9. The summed E-state index contributed by atoms with van der Waals surface area (Å²) in [6.07, 6.45) is 10.4. The molecule has 0 amide bonds. The minimum absolute atomic E-state index is 0.138. The van der Waals surface area contributed by atoms with Crippen molar-refractivity contribution in [1.82, 2.24) is 24.2 Å². The van der Waals surface area contributed by atoms with E-state index in [1.54, 1.807) is 29.1 Å². The van der Waals surface area contributed by atoms with Crippen LogP contribution in [0.4, 0.5) is 0 Å². The maximum atomic E-state index is 14.4. The van der Waals surface area contributed by atoms with Gasteiger partial charge in [-0.25, -0.2) is 32.7 Å². The second kappa shape index (κ2) is 14.3. The van der Waals surface area contributed by atoms with E-state index in [2.05, 4.69) is 21.6 Å². The zero-order valence-corrected chi connectivity index (χ0v) is 28.4. The molecule has 244 valence electrons. The van der Waals surface area contributed by atoms with Crippen LogP contribution in [-0.2, 0) is 22.9 Å². The van der Waals surface area contributed by atoms with E-state index in [1.165, 1.54) is 0 Å². The Morgan fingerprint density at radius 3 is 2.28 bits per heavy atom. The fraction of sp³-hybridized carbons (Fsp3) is 0.444. The summed E-state index contributed by atoms with van der Waals surface area (Å²) in [6, 6.07) is 14.8. The summed E-state index contributed by atoms with van der Waals surface area (Å²) in [6.45, 7) is 10.0. The summed E-state index contributed by atoms with van der Waals surface area (Å²) in [5, 5.41) is 0. The van der Waals surface area contributed by atoms with Gasteiger partial charge < -0.3 is 4.74 Å². The van der Waals surface area contributed by atoms with Gasteiger partial charge >= 0.3 is 0 Å². The molecule has 1 aliphatic carbocycles. The first-order valence-electron chi connectivity index (χ1n) is 16.3. The lowest BCUT2D eigenvalue weighted by Crippen LogP contribution is -2.40. The first-order chi connectivity index (χ1) is 22.0. The lowest BCUT2D eigenvalue weighted by atomic mass is 9.98. The number of nitrogens with zero attached hydrogens (tertiary/aromatic N) is 4. The highest BCUT2D eigenvalue weighted by Gasteiger charge is 2.28. The molecule has 0 atom stereocenters. The topological polar surface area (TPSA) is 116 Å². The number of unbranched alkanes of at least 4 members (excludes halogenated alkanes) is 1. The number of nitrogens with one attached hydrogen (secondary N) is 1. The van der Waals surface area contributed by atoms with Crippen LogP contribution in [-0.4, -0.2) is 40.1 Å². The van der Waals surface area contributed by atoms with Gasteiger partial charge in [0.2, 0.25) is 16.0 Å². The fourth-order valence-electron chi connectivity index (χ4n) is 6.07. The number of aromatic nitrogens is 4. The van der Waals surface area contributed by atoms with Gasteiger partial charge in [0.1, 0.15) is 5.82 Å². The van der Waals surface area contributed by atoms with E-state index < -0.39 is 15.6 Å². The molecule has 0 spiro atoms. The quantitative estimate of drug-likeness (QED) is 0.181. The van der Waals surface area contributed by atoms with E-state index in [-0.39, 0.29) is 16.4 Å².